The Balaban J connectivity index is 1.58. The summed E-state index contributed by atoms with van der Waals surface area (Å²) in [5, 5.41) is 2.99. The summed E-state index contributed by atoms with van der Waals surface area (Å²) < 4.78 is 0. The molecule has 0 bridgehead atoms. The third-order valence-electron chi connectivity index (χ3n) is 5.39. The van der Waals surface area contributed by atoms with Crippen LogP contribution in [0.5, 0.6) is 0 Å². The van der Waals surface area contributed by atoms with Crippen molar-refractivity contribution < 1.29 is 14.4 Å². The molecule has 2 saturated carbocycles. The lowest BCUT2D eigenvalue weighted by atomic mass is 9.86. The van der Waals surface area contributed by atoms with E-state index in [1.807, 2.05) is 0 Å². The molecule has 23 heavy (non-hydrogen) atoms. The number of hydrogen-bond acceptors (Lipinski definition) is 4. The Kier molecular flexibility index (Phi) is 5.62. The highest BCUT2D eigenvalue weighted by molar-refractivity contribution is 8.14. The van der Waals surface area contributed by atoms with Gasteiger partial charge in [0.15, 0.2) is 0 Å². The van der Waals surface area contributed by atoms with Crippen molar-refractivity contribution in [3.8, 4) is 0 Å². The Morgan fingerprint density at radius 1 is 1.04 bits per heavy atom. The summed E-state index contributed by atoms with van der Waals surface area (Å²) in [6, 6.07) is -0.208. The Bertz CT molecular complexity index is 460. The molecular weight excluding hydrogens is 312 g/mol. The first-order valence-corrected chi connectivity index (χ1v) is 9.92. The van der Waals surface area contributed by atoms with E-state index in [1.165, 1.54) is 24.2 Å². The minimum atomic E-state index is -0.145. The van der Waals surface area contributed by atoms with Gasteiger partial charge in [-0.25, -0.2) is 0 Å². The van der Waals surface area contributed by atoms with Crippen LogP contribution < -0.4 is 5.32 Å². The molecule has 1 N–H and O–H groups in total. The standard InChI is InChI=1S/C17H26N2O3S/c20-15(10-12-6-2-1-3-7-12)18-13-8-4-5-9-14(13)19-16(21)11-23-17(19)22/h12-14H,1-11H2,(H,18,20). The molecule has 0 radical (unpaired) electrons. The molecule has 1 heterocycles. The number of thioether (sulfide) groups is 1. The summed E-state index contributed by atoms with van der Waals surface area (Å²) in [5.41, 5.74) is 0. The van der Waals surface area contributed by atoms with Gasteiger partial charge >= 0.3 is 0 Å². The van der Waals surface area contributed by atoms with Crippen molar-refractivity contribution in [2.75, 3.05) is 5.75 Å². The zero-order valence-electron chi connectivity index (χ0n) is 13.6. The summed E-state index contributed by atoms with van der Waals surface area (Å²) in [7, 11) is 0. The monoisotopic (exact) mass is 338 g/mol. The van der Waals surface area contributed by atoms with Gasteiger partial charge in [0.2, 0.25) is 11.8 Å². The Morgan fingerprint density at radius 2 is 1.74 bits per heavy atom. The molecule has 3 rings (SSSR count). The molecule has 6 heteroatoms. The van der Waals surface area contributed by atoms with Gasteiger partial charge in [0, 0.05) is 12.5 Å². The fraction of sp³-hybridized carbons (Fsp3) is 0.824. The van der Waals surface area contributed by atoms with E-state index in [0.29, 0.717) is 12.3 Å². The van der Waals surface area contributed by atoms with Crippen LogP contribution in [0, 0.1) is 5.92 Å². The smallest absolute Gasteiger partial charge is 0.289 e. The first-order valence-electron chi connectivity index (χ1n) is 8.93. The molecule has 5 nitrogen and oxygen atoms in total. The van der Waals surface area contributed by atoms with Gasteiger partial charge in [-0.15, -0.1) is 0 Å². The summed E-state index contributed by atoms with van der Waals surface area (Å²) >= 11 is 1.08. The van der Waals surface area contributed by atoms with E-state index in [2.05, 4.69) is 5.32 Å². The molecule has 3 aliphatic rings. The predicted octanol–water partition coefficient (Wildman–Crippen LogP) is 3.08. The second kappa shape index (κ2) is 7.69. The molecular formula is C17H26N2O3S. The van der Waals surface area contributed by atoms with Gasteiger partial charge in [0.1, 0.15) is 0 Å². The lowest BCUT2D eigenvalue weighted by Crippen LogP contribution is -2.54. The summed E-state index contributed by atoms with van der Waals surface area (Å²) in [6.07, 6.45) is 10.4. The normalized spacial score (nSPS) is 29.8. The SMILES string of the molecule is O=C(CC1CCCCC1)NC1CCCCC1N1C(=O)CSC1=O. The lowest BCUT2D eigenvalue weighted by molar-refractivity contribution is -0.129. The second-order valence-electron chi connectivity index (χ2n) is 7.05. The van der Waals surface area contributed by atoms with Crippen LogP contribution >= 0.6 is 11.8 Å². The number of imide groups is 1. The predicted molar refractivity (Wildman–Crippen MR) is 90.1 cm³/mol. The molecule has 1 saturated heterocycles. The average molecular weight is 338 g/mol. The Hall–Kier alpha value is -1.04. The number of carbonyl (C=O) groups excluding carboxylic acids is 3. The molecule has 3 amide bonds. The van der Waals surface area contributed by atoms with Gasteiger partial charge in [-0.05, 0) is 31.6 Å². The zero-order valence-corrected chi connectivity index (χ0v) is 14.4. The molecule has 2 aliphatic carbocycles. The average Bonchev–Trinajstić information content (AvgIpc) is 2.88. The fourth-order valence-electron chi connectivity index (χ4n) is 4.19. The number of nitrogens with one attached hydrogen (secondary N) is 1. The van der Waals surface area contributed by atoms with Crippen molar-refractivity contribution in [1.82, 2.24) is 10.2 Å². The summed E-state index contributed by atoms with van der Waals surface area (Å²) in [6.45, 7) is 0. The van der Waals surface area contributed by atoms with Gasteiger partial charge in [-0.3, -0.25) is 19.3 Å². The third kappa shape index (κ3) is 4.08. The molecule has 128 valence electrons. The van der Waals surface area contributed by atoms with E-state index in [0.717, 1.165) is 50.3 Å². The van der Waals surface area contributed by atoms with Crippen LogP contribution in [-0.2, 0) is 9.59 Å². The van der Waals surface area contributed by atoms with Crippen molar-refractivity contribution >= 4 is 28.8 Å². The molecule has 0 spiro atoms. The van der Waals surface area contributed by atoms with E-state index >= 15 is 0 Å². The highest BCUT2D eigenvalue weighted by Gasteiger charge is 2.41. The molecule has 1 aliphatic heterocycles. The summed E-state index contributed by atoms with van der Waals surface area (Å²) in [5.74, 6) is 0.758. The van der Waals surface area contributed by atoms with Crippen LogP contribution in [-0.4, -0.2) is 39.8 Å². The summed E-state index contributed by atoms with van der Waals surface area (Å²) in [4.78, 5) is 37.8. The minimum Gasteiger partial charge on any atom is -0.351 e. The molecule has 3 fully saturated rings. The molecule has 0 aromatic carbocycles. The van der Waals surface area contributed by atoms with Gasteiger partial charge in [-0.1, -0.05) is 43.9 Å². The van der Waals surface area contributed by atoms with Crippen LogP contribution in [0.15, 0.2) is 0 Å². The topological polar surface area (TPSA) is 66.5 Å². The van der Waals surface area contributed by atoms with E-state index in [4.69, 9.17) is 0 Å². The molecule has 0 aromatic heterocycles. The first-order chi connectivity index (χ1) is 11.1. The number of amides is 3. The zero-order chi connectivity index (χ0) is 16.2. The largest absolute Gasteiger partial charge is 0.351 e. The second-order valence-corrected chi connectivity index (χ2v) is 7.98. The van der Waals surface area contributed by atoms with Crippen molar-refractivity contribution in [3.63, 3.8) is 0 Å². The highest BCUT2D eigenvalue weighted by Crippen LogP contribution is 2.31. The van der Waals surface area contributed by atoms with Crippen LogP contribution in [0.2, 0.25) is 0 Å². The van der Waals surface area contributed by atoms with Gasteiger partial charge < -0.3 is 5.32 Å². The van der Waals surface area contributed by atoms with Gasteiger partial charge in [0.25, 0.3) is 5.24 Å². The first kappa shape index (κ1) is 16.8. The molecule has 2 unspecified atom stereocenters. The number of nitrogens with zero attached hydrogens (tertiary/aromatic N) is 1. The van der Waals surface area contributed by atoms with Crippen molar-refractivity contribution in [1.29, 1.82) is 0 Å². The maximum absolute atomic E-state index is 12.4. The van der Waals surface area contributed by atoms with E-state index in [9.17, 15) is 14.4 Å². The Labute approximate surface area is 141 Å². The van der Waals surface area contributed by atoms with Crippen LogP contribution in [0.4, 0.5) is 4.79 Å². The minimum absolute atomic E-state index is 0.0635. The van der Waals surface area contributed by atoms with Crippen molar-refractivity contribution in [2.24, 2.45) is 5.92 Å². The lowest BCUT2D eigenvalue weighted by Gasteiger charge is -2.37. The van der Waals surface area contributed by atoms with Gasteiger partial charge in [0.05, 0.1) is 11.8 Å². The van der Waals surface area contributed by atoms with Crippen molar-refractivity contribution in [2.45, 2.75) is 76.3 Å². The third-order valence-corrected chi connectivity index (χ3v) is 6.23. The quantitative estimate of drug-likeness (QED) is 0.855. The maximum atomic E-state index is 12.4. The maximum Gasteiger partial charge on any atom is 0.289 e. The number of carbonyl (C=O) groups is 3. The van der Waals surface area contributed by atoms with Crippen molar-refractivity contribution in [3.05, 3.63) is 0 Å². The Morgan fingerprint density at radius 3 is 2.43 bits per heavy atom. The van der Waals surface area contributed by atoms with E-state index < -0.39 is 0 Å². The van der Waals surface area contributed by atoms with E-state index in [-0.39, 0.29) is 34.9 Å². The van der Waals surface area contributed by atoms with Crippen LogP contribution in [0.25, 0.3) is 0 Å². The van der Waals surface area contributed by atoms with Crippen LogP contribution in [0.3, 0.4) is 0 Å². The molecule has 2 atom stereocenters. The highest BCUT2D eigenvalue weighted by atomic mass is 32.2. The molecule has 0 aromatic rings. The fourth-order valence-corrected chi connectivity index (χ4v) is 4.95. The van der Waals surface area contributed by atoms with E-state index in [1.54, 1.807) is 0 Å². The van der Waals surface area contributed by atoms with Crippen LogP contribution in [0.1, 0.15) is 64.2 Å². The number of hydrogen-bond donors (Lipinski definition) is 1. The van der Waals surface area contributed by atoms with Gasteiger partial charge in [-0.2, -0.15) is 0 Å². The number of rotatable bonds is 4.